The minimum absolute atomic E-state index is 0.307. The third-order valence-electron chi connectivity index (χ3n) is 4.01. The van der Waals surface area contributed by atoms with E-state index in [9.17, 15) is 18.0 Å². The number of aliphatic imine (C=N–C) groups is 1. The van der Waals surface area contributed by atoms with Crippen molar-refractivity contribution < 1.29 is 22.7 Å². The predicted molar refractivity (Wildman–Crippen MR) is 117 cm³/mol. The molecule has 0 saturated carbocycles. The van der Waals surface area contributed by atoms with E-state index < -0.39 is 12.8 Å². The fraction of sp³-hybridized carbons (Fsp3) is 0.500. The minimum Gasteiger partial charge on any atom is -0.367 e. The number of ether oxygens (including phenoxy) is 1. The highest BCUT2D eigenvalue weighted by Crippen LogP contribution is 2.17. The maximum Gasteiger partial charge on any atom is 0.411 e. The SMILES string of the molecule is C=C(/C=C\C(=C/C)CCCCC(=N\NC=O)/C(=C/N=C\C)COCC(F)(F)F)CC. The summed E-state index contributed by atoms with van der Waals surface area (Å²) in [6, 6.07) is 0. The van der Waals surface area contributed by atoms with Crippen LogP contribution < -0.4 is 5.43 Å². The summed E-state index contributed by atoms with van der Waals surface area (Å²) in [5.74, 6) is 0. The second-order valence-electron chi connectivity index (χ2n) is 6.39. The van der Waals surface area contributed by atoms with E-state index in [1.54, 1.807) is 6.92 Å². The van der Waals surface area contributed by atoms with Crippen LogP contribution in [0.4, 0.5) is 13.2 Å². The fourth-order valence-corrected chi connectivity index (χ4v) is 2.32. The van der Waals surface area contributed by atoms with Gasteiger partial charge in [-0.1, -0.05) is 42.9 Å². The first kappa shape index (κ1) is 27.5. The Labute approximate surface area is 177 Å². The van der Waals surface area contributed by atoms with Gasteiger partial charge in [0.15, 0.2) is 0 Å². The Balaban J connectivity index is 5.00. The van der Waals surface area contributed by atoms with E-state index in [0.29, 0.717) is 24.1 Å². The lowest BCUT2D eigenvalue weighted by molar-refractivity contribution is -0.171. The van der Waals surface area contributed by atoms with Crippen molar-refractivity contribution in [2.45, 2.75) is 59.1 Å². The topological polar surface area (TPSA) is 63.0 Å². The fourth-order valence-electron chi connectivity index (χ4n) is 2.32. The number of halogens is 3. The van der Waals surface area contributed by atoms with Gasteiger partial charge in [0.1, 0.15) is 6.61 Å². The second kappa shape index (κ2) is 16.3. The maximum absolute atomic E-state index is 12.4. The summed E-state index contributed by atoms with van der Waals surface area (Å²) in [5, 5.41) is 3.97. The van der Waals surface area contributed by atoms with Gasteiger partial charge in [-0.25, -0.2) is 5.43 Å². The van der Waals surface area contributed by atoms with Crippen LogP contribution in [0.1, 0.15) is 52.9 Å². The predicted octanol–water partition coefficient (Wildman–Crippen LogP) is 5.67. The van der Waals surface area contributed by atoms with Crippen molar-refractivity contribution in [1.29, 1.82) is 0 Å². The molecule has 0 heterocycles. The molecule has 0 aromatic heterocycles. The number of rotatable bonds is 15. The molecule has 0 rings (SSSR count). The molecular formula is C22H32F3N3O2. The number of unbranched alkanes of at least 4 members (excludes halogenated alkanes) is 1. The third-order valence-corrected chi connectivity index (χ3v) is 4.01. The summed E-state index contributed by atoms with van der Waals surface area (Å²) in [5.41, 5.74) is 5.26. The molecule has 168 valence electrons. The summed E-state index contributed by atoms with van der Waals surface area (Å²) >= 11 is 0. The molecule has 8 heteroatoms. The van der Waals surface area contributed by atoms with Gasteiger partial charge in [0.05, 0.1) is 12.3 Å². The van der Waals surface area contributed by atoms with Crippen molar-refractivity contribution in [2.24, 2.45) is 10.1 Å². The number of nitrogens with one attached hydrogen (secondary N) is 1. The zero-order valence-corrected chi connectivity index (χ0v) is 18.0. The Morgan fingerprint density at radius 3 is 2.43 bits per heavy atom. The molecule has 0 saturated heterocycles. The summed E-state index contributed by atoms with van der Waals surface area (Å²) < 4.78 is 41.9. The van der Waals surface area contributed by atoms with Gasteiger partial charge in [-0.05, 0) is 46.0 Å². The smallest absolute Gasteiger partial charge is 0.367 e. The van der Waals surface area contributed by atoms with Crippen LogP contribution in [0.3, 0.4) is 0 Å². The lowest BCUT2D eigenvalue weighted by atomic mass is 10.0. The van der Waals surface area contributed by atoms with E-state index in [1.807, 2.05) is 32.1 Å². The largest absolute Gasteiger partial charge is 0.411 e. The van der Waals surface area contributed by atoms with Crippen LogP contribution in [-0.4, -0.2) is 37.7 Å². The number of alkyl halides is 3. The lowest BCUT2D eigenvalue weighted by Crippen LogP contribution is -2.20. The van der Waals surface area contributed by atoms with Crippen molar-refractivity contribution in [2.75, 3.05) is 13.2 Å². The van der Waals surface area contributed by atoms with E-state index in [2.05, 4.69) is 22.1 Å². The molecule has 0 bridgehead atoms. The first-order valence-electron chi connectivity index (χ1n) is 9.85. The van der Waals surface area contributed by atoms with Crippen LogP contribution in [0.25, 0.3) is 0 Å². The highest BCUT2D eigenvalue weighted by molar-refractivity contribution is 6.00. The number of amides is 1. The van der Waals surface area contributed by atoms with E-state index in [-0.39, 0.29) is 6.61 Å². The first-order valence-corrected chi connectivity index (χ1v) is 9.85. The highest BCUT2D eigenvalue weighted by Gasteiger charge is 2.27. The van der Waals surface area contributed by atoms with Crippen molar-refractivity contribution in [1.82, 2.24) is 5.43 Å². The molecule has 0 aliphatic heterocycles. The maximum atomic E-state index is 12.4. The van der Waals surface area contributed by atoms with Crippen molar-refractivity contribution >= 4 is 18.3 Å². The first-order chi connectivity index (χ1) is 14.3. The molecule has 0 aliphatic carbocycles. The molecule has 0 aromatic carbocycles. The van der Waals surface area contributed by atoms with Crippen LogP contribution in [-0.2, 0) is 9.53 Å². The Bertz CT molecular complexity index is 676. The van der Waals surface area contributed by atoms with Gasteiger partial charge < -0.3 is 4.74 Å². The minimum atomic E-state index is -4.42. The summed E-state index contributed by atoms with van der Waals surface area (Å²) in [6.07, 6.45) is 8.73. The number of carbonyl (C=O) groups is 1. The second-order valence-corrected chi connectivity index (χ2v) is 6.39. The molecule has 30 heavy (non-hydrogen) atoms. The highest BCUT2D eigenvalue weighted by atomic mass is 19.4. The van der Waals surface area contributed by atoms with E-state index >= 15 is 0 Å². The number of carbonyl (C=O) groups excluding carboxylic acids is 1. The van der Waals surface area contributed by atoms with Gasteiger partial charge in [-0.3, -0.25) is 9.79 Å². The molecule has 1 amide bonds. The van der Waals surface area contributed by atoms with Crippen LogP contribution >= 0.6 is 0 Å². The Morgan fingerprint density at radius 1 is 1.17 bits per heavy atom. The average molecular weight is 428 g/mol. The van der Waals surface area contributed by atoms with Gasteiger partial charge in [0, 0.05) is 18.0 Å². The van der Waals surface area contributed by atoms with Gasteiger partial charge in [0.25, 0.3) is 0 Å². The van der Waals surface area contributed by atoms with Gasteiger partial charge in [-0.15, -0.1) is 0 Å². The molecule has 0 unspecified atom stereocenters. The summed E-state index contributed by atoms with van der Waals surface area (Å²) in [4.78, 5) is 14.6. The summed E-state index contributed by atoms with van der Waals surface area (Å²) in [6.45, 7) is 7.97. The zero-order valence-electron chi connectivity index (χ0n) is 18.0. The van der Waals surface area contributed by atoms with Gasteiger partial charge >= 0.3 is 6.18 Å². The van der Waals surface area contributed by atoms with E-state index in [1.165, 1.54) is 18.0 Å². The third kappa shape index (κ3) is 14.5. The Hall–Kier alpha value is -2.48. The van der Waals surface area contributed by atoms with Gasteiger partial charge in [-0.2, -0.15) is 18.3 Å². The van der Waals surface area contributed by atoms with Crippen LogP contribution in [0.5, 0.6) is 0 Å². The van der Waals surface area contributed by atoms with E-state index in [0.717, 1.165) is 31.3 Å². The molecular weight excluding hydrogens is 395 g/mol. The number of hydrogen-bond donors (Lipinski definition) is 1. The number of hydrogen-bond acceptors (Lipinski definition) is 4. The van der Waals surface area contributed by atoms with Crippen molar-refractivity contribution in [3.63, 3.8) is 0 Å². The molecule has 0 aromatic rings. The molecule has 0 atom stereocenters. The quantitative estimate of drug-likeness (QED) is 0.120. The standard InChI is InChI=1S/C22H32F3N3O2/c1-5-18(4)12-13-19(6-2)10-8-9-11-21(28-27-17-29)20(14-26-7-3)15-30-16-22(23,24)25/h6-7,12-14,17H,4-5,8-11,15-16H2,1-3H3,(H,27,29)/b13-12-,19-6-,20-14+,26-7-,28-21+. The average Bonchev–Trinajstić information content (AvgIpc) is 2.71. The monoisotopic (exact) mass is 427 g/mol. The molecule has 0 fully saturated rings. The Kier molecular flexibility index (Phi) is 15.0. The normalized spacial score (nSPS) is 14.0. The molecule has 0 radical (unpaired) electrons. The Morgan fingerprint density at radius 2 is 1.87 bits per heavy atom. The van der Waals surface area contributed by atoms with Gasteiger partial charge in [0.2, 0.25) is 6.41 Å². The molecule has 5 nitrogen and oxygen atoms in total. The van der Waals surface area contributed by atoms with Crippen LogP contribution in [0, 0.1) is 0 Å². The van der Waals surface area contributed by atoms with Crippen LogP contribution in [0.2, 0.25) is 0 Å². The molecule has 1 N–H and O–H groups in total. The number of hydrazone groups is 1. The molecule has 0 spiro atoms. The zero-order chi connectivity index (χ0) is 22.8. The van der Waals surface area contributed by atoms with Crippen LogP contribution in [0.15, 0.2) is 57.8 Å². The summed E-state index contributed by atoms with van der Waals surface area (Å²) in [7, 11) is 0. The number of nitrogens with zero attached hydrogens (tertiary/aromatic N) is 2. The lowest BCUT2D eigenvalue weighted by Gasteiger charge is -2.12. The van der Waals surface area contributed by atoms with E-state index in [4.69, 9.17) is 4.74 Å². The number of allylic oxidation sites excluding steroid dienone is 5. The molecule has 0 aliphatic rings. The van der Waals surface area contributed by atoms with Crippen molar-refractivity contribution in [3.05, 3.63) is 47.7 Å². The van der Waals surface area contributed by atoms with Crippen molar-refractivity contribution in [3.8, 4) is 0 Å².